The number of nitrogens with two attached hydrogens (primary N) is 1. The summed E-state index contributed by atoms with van der Waals surface area (Å²) in [7, 11) is 0. The molecule has 4 atom stereocenters. The van der Waals surface area contributed by atoms with Crippen molar-refractivity contribution in [2.24, 2.45) is 5.73 Å². The van der Waals surface area contributed by atoms with Gasteiger partial charge in [0.2, 0.25) is 5.91 Å². The minimum absolute atomic E-state index is 0. The lowest BCUT2D eigenvalue weighted by Gasteiger charge is -2.35. The highest BCUT2D eigenvalue weighted by atomic mass is 35.5. The quantitative estimate of drug-likeness (QED) is 0.807. The Bertz CT molecular complexity index is 346. The largest absolute Gasteiger partial charge is 0.364 e. The molecule has 3 fully saturated rings. The van der Waals surface area contributed by atoms with E-state index in [1.165, 1.54) is 19.4 Å². The van der Waals surface area contributed by atoms with E-state index >= 15 is 0 Å². The maximum Gasteiger partial charge on any atom is 0.249 e. The molecule has 0 radical (unpaired) electrons. The summed E-state index contributed by atoms with van der Waals surface area (Å²) in [5.41, 5.74) is 5.58. The van der Waals surface area contributed by atoms with Crippen LogP contribution in [-0.4, -0.2) is 54.7 Å². The van der Waals surface area contributed by atoms with E-state index in [9.17, 15) is 4.79 Å². The van der Waals surface area contributed by atoms with Gasteiger partial charge >= 0.3 is 0 Å². The van der Waals surface area contributed by atoms with Crippen LogP contribution in [0.1, 0.15) is 38.5 Å². The van der Waals surface area contributed by atoms with E-state index in [4.69, 9.17) is 10.5 Å². The van der Waals surface area contributed by atoms with E-state index in [1.807, 2.05) is 0 Å². The molecule has 3 heterocycles. The predicted molar refractivity (Wildman–Crippen MR) is 87.2 cm³/mol. The number of nitrogens with one attached hydrogen (secondary N) is 1. The minimum atomic E-state index is -0.268. The van der Waals surface area contributed by atoms with Gasteiger partial charge in [-0.1, -0.05) is 0 Å². The Morgan fingerprint density at radius 2 is 2.00 bits per heavy atom. The van der Waals surface area contributed by atoms with Gasteiger partial charge in [0, 0.05) is 25.2 Å². The van der Waals surface area contributed by atoms with Gasteiger partial charge < -0.3 is 20.7 Å². The summed E-state index contributed by atoms with van der Waals surface area (Å²) >= 11 is 0. The fraction of sp³-hybridized carbons (Fsp3) is 0.929. The summed E-state index contributed by atoms with van der Waals surface area (Å²) in [5, 5.41) is 3.19. The van der Waals surface area contributed by atoms with Gasteiger partial charge in [-0.3, -0.25) is 4.79 Å². The number of hydrogen-bond donors (Lipinski definition) is 2. The summed E-state index contributed by atoms with van der Waals surface area (Å²) in [6.07, 6.45) is 6.33. The zero-order valence-electron chi connectivity index (χ0n) is 12.3. The first-order chi connectivity index (χ1) is 9.26. The third-order valence-corrected chi connectivity index (χ3v) is 4.83. The van der Waals surface area contributed by atoms with Gasteiger partial charge in [0.05, 0.1) is 6.10 Å². The molecule has 1 amide bonds. The third kappa shape index (κ3) is 4.45. The summed E-state index contributed by atoms with van der Waals surface area (Å²) in [6, 6.07) is 1.03. The van der Waals surface area contributed by atoms with Crippen molar-refractivity contribution in [1.29, 1.82) is 0 Å². The van der Waals surface area contributed by atoms with Crippen molar-refractivity contribution in [2.45, 2.75) is 62.8 Å². The maximum atomic E-state index is 12.2. The first-order valence-electron chi connectivity index (χ1n) is 7.66. The Morgan fingerprint density at radius 3 is 2.71 bits per heavy atom. The second-order valence-corrected chi connectivity index (χ2v) is 6.12. The standard InChI is InChI=1S/C14H25N3O2.2ClH/c15-9-12-3-4-13(19-12)14(18)16-10-5-7-17-6-1-2-11(17)8-10;;/h10-13H,1-9,15H2,(H,16,18);2*1H/t10?,11?,12-,13+;;/m1../s1. The van der Waals surface area contributed by atoms with Crippen LogP contribution in [0.3, 0.4) is 0 Å². The maximum absolute atomic E-state index is 12.2. The van der Waals surface area contributed by atoms with Crippen LogP contribution in [0, 0.1) is 0 Å². The fourth-order valence-corrected chi connectivity index (χ4v) is 3.72. The number of carbonyl (C=O) groups is 1. The van der Waals surface area contributed by atoms with E-state index in [0.29, 0.717) is 18.6 Å². The van der Waals surface area contributed by atoms with Crippen LogP contribution in [0.5, 0.6) is 0 Å². The molecule has 2 unspecified atom stereocenters. The average molecular weight is 340 g/mol. The van der Waals surface area contributed by atoms with Crippen LogP contribution >= 0.6 is 24.8 Å². The molecule has 21 heavy (non-hydrogen) atoms. The fourth-order valence-electron chi connectivity index (χ4n) is 3.72. The van der Waals surface area contributed by atoms with Crippen LogP contribution in [-0.2, 0) is 9.53 Å². The highest BCUT2D eigenvalue weighted by molar-refractivity contribution is 5.85. The van der Waals surface area contributed by atoms with Crippen LogP contribution in [0.4, 0.5) is 0 Å². The number of nitrogens with zero attached hydrogens (tertiary/aromatic N) is 1. The lowest BCUT2D eigenvalue weighted by atomic mass is 9.97. The van der Waals surface area contributed by atoms with Gasteiger partial charge in [0.15, 0.2) is 0 Å². The number of carbonyl (C=O) groups excluding carboxylic acids is 1. The lowest BCUT2D eigenvalue weighted by Crippen LogP contribution is -2.49. The molecule has 0 bridgehead atoms. The molecule has 5 nitrogen and oxygen atoms in total. The SMILES string of the molecule is Cl.Cl.NC[C@H]1CC[C@@H](C(=O)NC2CCN3CCCC3C2)O1. The lowest BCUT2D eigenvalue weighted by molar-refractivity contribution is -0.133. The highest BCUT2D eigenvalue weighted by Gasteiger charge is 2.35. The number of fused-ring (bicyclic) bond motifs is 1. The Balaban J connectivity index is 0.00000110. The zero-order valence-corrected chi connectivity index (χ0v) is 14.0. The molecule has 3 N–H and O–H groups in total. The van der Waals surface area contributed by atoms with Gasteiger partial charge in [0.25, 0.3) is 0 Å². The molecule has 0 aromatic heterocycles. The van der Waals surface area contributed by atoms with Gasteiger partial charge in [0.1, 0.15) is 6.10 Å². The molecule has 0 saturated carbocycles. The van der Waals surface area contributed by atoms with Gasteiger partial charge in [-0.25, -0.2) is 0 Å². The van der Waals surface area contributed by atoms with Crippen molar-refractivity contribution in [3.63, 3.8) is 0 Å². The first-order valence-corrected chi connectivity index (χ1v) is 7.66. The molecule has 3 aliphatic rings. The van der Waals surface area contributed by atoms with E-state index in [1.54, 1.807) is 0 Å². The number of rotatable bonds is 3. The predicted octanol–water partition coefficient (Wildman–Crippen LogP) is 1.08. The second kappa shape index (κ2) is 8.53. The molecule has 0 spiro atoms. The number of halogens is 2. The summed E-state index contributed by atoms with van der Waals surface area (Å²) in [6.45, 7) is 2.89. The van der Waals surface area contributed by atoms with Crippen LogP contribution in [0.2, 0.25) is 0 Å². The normalized spacial score (nSPS) is 35.5. The third-order valence-electron chi connectivity index (χ3n) is 4.83. The molecule has 0 aromatic carbocycles. The van der Waals surface area contributed by atoms with Crippen LogP contribution in [0.25, 0.3) is 0 Å². The molecule has 124 valence electrons. The van der Waals surface area contributed by atoms with E-state index < -0.39 is 0 Å². The molecule has 3 aliphatic heterocycles. The van der Waals surface area contributed by atoms with E-state index in [0.717, 1.165) is 32.2 Å². The number of piperidine rings is 1. The molecule has 3 rings (SSSR count). The van der Waals surface area contributed by atoms with Crippen molar-refractivity contribution in [3.8, 4) is 0 Å². The minimum Gasteiger partial charge on any atom is -0.364 e. The van der Waals surface area contributed by atoms with E-state index in [2.05, 4.69) is 10.2 Å². The molecule has 7 heteroatoms. The molecular formula is C14H27Cl2N3O2. The monoisotopic (exact) mass is 339 g/mol. The molecular weight excluding hydrogens is 313 g/mol. The van der Waals surface area contributed by atoms with Crippen molar-refractivity contribution in [2.75, 3.05) is 19.6 Å². The van der Waals surface area contributed by atoms with Gasteiger partial charge in [-0.15, -0.1) is 24.8 Å². The van der Waals surface area contributed by atoms with Crippen LogP contribution in [0.15, 0.2) is 0 Å². The second-order valence-electron chi connectivity index (χ2n) is 6.12. The van der Waals surface area contributed by atoms with Crippen molar-refractivity contribution in [3.05, 3.63) is 0 Å². The summed E-state index contributed by atoms with van der Waals surface area (Å²) in [4.78, 5) is 14.7. The smallest absolute Gasteiger partial charge is 0.249 e. The molecule has 0 aliphatic carbocycles. The summed E-state index contributed by atoms with van der Waals surface area (Å²) < 4.78 is 5.65. The Hall–Kier alpha value is -0.0700. The van der Waals surface area contributed by atoms with E-state index in [-0.39, 0.29) is 42.9 Å². The zero-order chi connectivity index (χ0) is 13.2. The molecule has 3 saturated heterocycles. The highest BCUT2D eigenvalue weighted by Crippen LogP contribution is 2.27. The van der Waals surface area contributed by atoms with Gasteiger partial charge in [-0.05, 0) is 45.1 Å². The van der Waals surface area contributed by atoms with Crippen molar-refractivity contribution in [1.82, 2.24) is 10.2 Å². The first kappa shape index (κ1) is 19.0. The Kier molecular flexibility index (Phi) is 7.71. The number of hydrogen-bond acceptors (Lipinski definition) is 4. The van der Waals surface area contributed by atoms with Gasteiger partial charge in [-0.2, -0.15) is 0 Å². The number of ether oxygens (including phenoxy) is 1. The van der Waals surface area contributed by atoms with Crippen molar-refractivity contribution < 1.29 is 9.53 Å². The van der Waals surface area contributed by atoms with Crippen LogP contribution < -0.4 is 11.1 Å². The number of amides is 1. The Labute approximate surface area is 139 Å². The van der Waals surface area contributed by atoms with Crippen molar-refractivity contribution >= 4 is 30.7 Å². The summed E-state index contributed by atoms with van der Waals surface area (Å²) in [5.74, 6) is 0.0763. The molecule has 0 aromatic rings. The Morgan fingerprint density at radius 1 is 1.19 bits per heavy atom. The topological polar surface area (TPSA) is 67.6 Å². The average Bonchev–Trinajstić information content (AvgIpc) is 3.06.